The fourth-order valence-electron chi connectivity index (χ4n) is 0.925. The maximum absolute atomic E-state index is 12.9. The van der Waals surface area contributed by atoms with Gasteiger partial charge in [-0.15, -0.1) is 0 Å². The Labute approximate surface area is 81.9 Å². The molecule has 0 N–H and O–H groups in total. The van der Waals surface area contributed by atoms with Crippen LogP contribution in [0.15, 0.2) is 18.3 Å². The molecule has 0 aliphatic carbocycles. The summed E-state index contributed by atoms with van der Waals surface area (Å²) in [6.45, 7) is 2.31. The van der Waals surface area contributed by atoms with Crippen LogP contribution in [-0.4, -0.2) is 17.6 Å². The fourth-order valence-corrected chi connectivity index (χ4v) is 0.925. The summed E-state index contributed by atoms with van der Waals surface area (Å²) >= 11 is 0. The van der Waals surface area contributed by atoms with Gasteiger partial charge in [-0.05, 0) is 18.6 Å². The second-order valence-corrected chi connectivity index (χ2v) is 2.83. The highest BCUT2D eigenvalue weighted by molar-refractivity contribution is 5.89. The Kier molecular flexibility index (Phi) is 4.04. The maximum atomic E-state index is 12.9. The van der Waals surface area contributed by atoms with Crippen molar-refractivity contribution in [2.45, 2.75) is 19.8 Å². The predicted octanol–water partition coefficient (Wildman–Crippen LogP) is 2.18. The van der Waals surface area contributed by atoms with Gasteiger partial charge in [-0.3, -0.25) is 0 Å². The third kappa shape index (κ3) is 2.80. The minimum Gasteiger partial charge on any atom is -0.462 e. The molecule has 0 bridgehead atoms. The lowest BCUT2D eigenvalue weighted by atomic mass is 10.3. The van der Waals surface area contributed by atoms with Crippen LogP contribution in [0.3, 0.4) is 0 Å². The van der Waals surface area contributed by atoms with Crippen LogP contribution in [0.5, 0.6) is 0 Å². The summed E-state index contributed by atoms with van der Waals surface area (Å²) in [5, 5.41) is 0. The summed E-state index contributed by atoms with van der Waals surface area (Å²) in [6, 6.07) is 2.86. The lowest BCUT2D eigenvalue weighted by molar-refractivity contribution is 0.0493. The standard InChI is InChI=1S/C10H12FNO2/c1-2-3-7-14-10(13)8-5-4-6-12-9(8)11/h4-6H,2-3,7H2,1H3. The van der Waals surface area contributed by atoms with Gasteiger partial charge in [0.1, 0.15) is 5.56 Å². The number of halogens is 1. The molecule has 0 spiro atoms. The Morgan fingerprint density at radius 1 is 1.64 bits per heavy atom. The second-order valence-electron chi connectivity index (χ2n) is 2.83. The number of esters is 1. The summed E-state index contributed by atoms with van der Waals surface area (Å²) < 4.78 is 17.8. The molecular weight excluding hydrogens is 185 g/mol. The van der Waals surface area contributed by atoms with Crippen molar-refractivity contribution >= 4 is 5.97 Å². The molecule has 1 aromatic heterocycles. The number of hydrogen-bond acceptors (Lipinski definition) is 3. The van der Waals surface area contributed by atoms with Crippen molar-refractivity contribution in [3.63, 3.8) is 0 Å². The molecule has 0 unspecified atom stereocenters. The molecule has 1 heterocycles. The SMILES string of the molecule is CCCCOC(=O)c1cccnc1F. The Morgan fingerprint density at radius 2 is 2.43 bits per heavy atom. The first-order chi connectivity index (χ1) is 6.75. The molecule has 0 saturated carbocycles. The van der Waals surface area contributed by atoms with Gasteiger partial charge in [-0.1, -0.05) is 13.3 Å². The Bertz CT molecular complexity index is 315. The van der Waals surface area contributed by atoms with E-state index in [-0.39, 0.29) is 5.56 Å². The van der Waals surface area contributed by atoms with E-state index in [1.54, 1.807) is 0 Å². The van der Waals surface area contributed by atoms with Crippen molar-refractivity contribution in [2.24, 2.45) is 0 Å². The van der Waals surface area contributed by atoms with Crippen molar-refractivity contribution in [1.29, 1.82) is 0 Å². The predicted molar refractivity (Wildman–Crippen MR) is 49.4 cm³/mol. The van der Waals surface area contributed by atoms with E-state index in [1.165, 1.54) is 18.3 Å². The zero-order chi connectivity index (χ0) is 10.4. The van der Waals surface area contributed by atoms with Crippen molar-refractivity contribution < 1.29 is 13.9 Å². The average molecular weight is 197 g/mol. The van der Waals surface area contributed by atoms with Crippen LogP contribution in [0.1, 0.15) is 30.1 Å². The molecule has 14 heavy (non-hydrogen) atoms. The zero-order valence-corrected chi connectivity index (χ0v) is 8.00. The molecule has 0 atom stereocenters. The number of aromatic nitrogens is 1. The molecule has 76 valence electrons. The highest BCUT2D eigenvalue weighted by Gasteiger charge is 2.12. The molecule has 0 aliphatic rings. The molecular formula is C10H12FNO2. The van der Waals surface area contributed by atoms with Crippen LogP contribution < -0.4 is 0 Å². The van der Waals surface area contributed by atoms with E-state index in [2.05, 4.69) is 4.98 Å². The Morgan fingerprint density at radius 3 is 3.07 bits per heavy atom. The minimum absolute atomic E-state index is 0.108. The number of rotatable bonds is 4. The van der Waals surface area contributed by atoms with Crippen LogP contribution >= 0.6 is 0 Å². The first-order valence-electron chi connectivity index (χ1n) is 4.53. The maximum Gasteiger partial charge on any atom is 0.342 e. The van der Waals surface area contributed by atoms with Crippen molar-refractivity contribution in [2.75, 3.05) is 6.61 Å². The summed E-state index contributed by atoms with van der Waals surface area (Å²) in [5.74, 6) is -1.43. The molecule has 0 aliphatic heterocycles. The van der Waals surface area contributed by atoms with Crippen molar-refractivity contribution in [3.8, 4) is 0 Å². The number of unbranched alkanes of at least 4 members (excludes halogenated alkanes) is 1. The fraction of sp³-hybridized carbons (Fsp3) is 0.400. The number of carbonyl (C=O) groups is 1. The molecule has 1 aromatic rings. The van der Waals surface area contributed by atoms with Crippen LogP contribution in [0.2, 0.25) is 0 Å². The number of ether oxygens (including phenoxy) is 1. The lowest BCUT2D eigenvalue weighted by Gasteiger charge is -2.03. The topological polar surface area (TPSA) is 39.2 Å². The van der Waals surface area contributed by atoms with Gasteiger partial charge in [0.2, 0.25) is 5.95 Å². The lowest BCUT2D eigenvalue weighted by Crippen LogP contribution is -2.09. The van der Waals surface area contributed by atoms with Gasteiger partial charge in [0, 0.05) is 6.20 Å². The van der Waals surface area contributed by atoms with E-state index in [0.29, 0.717) is 6.61 Å². The van der Waals surface area contributed by atoms with Crippen LogP contribution in [0.25, 0.3) is 0 Å². The molecule has 0 saturated heterocycles. The molecule has 3 nitrogen and oxygen atoms in total. The van der Waals surface area contributed by atoms with Gasteiger partial charge >= 0.3 is 5.97 Å². The number of hydrogen-bond donors (Lipinski definition) is 0. The first-order valence-corrected chi connectivity index (χ1v) is 4.53. The third-order valence-electron chi connectivity index (χ3n) is 1.71. The minimum atomic E-state index is -0.783. The van der Waals surface area contributed by atoms with Gasteiger partial charge in [0.05, 0.1) is 6.61 Å². The van der Waals surface area contributed by atoms with Gasteiger partial charge in [0.25, 0.3) is 0 Å². The van der Waals surface area contributed by atoms with Gasteiger partial charge in [-0.25, -0.2) is 9.78 Å². The Balaban J connectivity index is 2.56. The first kappa shape index (κ1) is 10.6. The Hall–Kier alpha value is -1.45. The van der Waals surface area contributed by atoms with Crippen LogP contribution in [-0.2, 0) is 4.74 Å². The highest BCUT2D eigenvalue weighted by Crippen LogP contribution is 2.05. The summed E-state index contributed by atoms with van der Waals surface area (Å²) in [5.41, 5.74) is -0.108. The molecule has 0 fully saturated rings. The zero-order valence-electron chi connectivity index (χ0n) is 8.00. The largest absolute Gasteiger partial charge is 0.462 e. The number of nitrogens with zero attached hydrogens (tertiary/aromatic N) is 1. The van der Waals surface area contributed by atoms with Gasteiger partial charge in [-0.2, -0.15) is 4.39 Å². The number of carbonyl (C=O) groups excluding carboxylic acids is 1. The second kappa shape index (κ2) is 5.32. The quantitative estimate of drug-likeness (QED) is 0.422. The average Bonchev–Trinajstić information content (AvgIpc) is 2.18. The van der Waals surface area contributed by atoms with Crippen molar-refractivity contribution in [3.05, 3.63) is 29.8 Å². The van der Waals surface area contributed by atoms with E-state index in [4.69, 9.17) is 4.74 Å². The summed E-state index contributed by atoms with van der Waals surface area (Å²) in [6.07, 6.45) is 3.01. The van der Waals surface area contributed by atoms with Crippen molar-refractivity contribution in [1.82, 2.24) is 4.98 Å². The van der Waals surface area contributed by atoms with Gasteiger partial charge in [0.15, 0.2) is 0 Å². The summed E-state index contributed by atoms with van der Waals surface area (Å²) in [7, 11) is 0. The normalized spacial score (nSPS) is 9.86. The molecule has 4 heteroatoms. The van der Waals surface area contributed by atoms with Crippen LogP contribution in [0.4, 0.5) is 4.39 Å². The molecule has 0 radical (unpaired) electrons. The van der Waals surface area contributed by atoms with E-state index < -0.39 is 11.9 Å². The molecule has 1 rings (SSSR count). The monoisotopic (exact) mass is 197 g/mol. The highest BCUT2D eigenvalue weighted by atomic mass is 19.1. The van der Waals surface area contributed by atoms with Crippen LogP contribution in [0, 0.1) is 5.95 Å². The smallest absolute Gasteiger partial charge is 0.342 e. The number of pyridine rings is 1. The third-order valence-corrected chi connectivity index (χ3v) is 1.71. The summed E-state index contributed by atoms with van der Waals surface area (Å²) in [4.78, 5) is 14.6. The molecule has 0 amide bonds. The molecule has 0 aromatic carbocycles. The van der Waals surface area contributed by atoms with E-state index in [1.807, 2.05) is 6.92 Å². The van der Waals surface area contributed by atoms with Gasteiger partial charge < -0.3 is 4.74 Å². The van der Waals surface area contributed by atoms with E-state index >= 15 is 0 Å². The van der Waals surface area contributed by atoms with E-state index in [9.17, 15) is 9.18 Å². The van der Waals surface area contributed by atoms with E-state index in [0.717, 1.165) is 12.8 Å².